The van der Waals surface area contributed by atoms with Crippen molar-refractivity contribution in [3.63, 3.8) is 0 Å². The van der Waals surface area contributed by atoms with Crippen LogP contribution in [0.15, 0.2) is 29.2 Å². The molecule has 0 aliphatic heterocycles. The zero-order valence-electron chi connectivity index (χ0n) is 10.5. The molecule has 0 N–H and O–H groups in total. The number of benzene rings is 1. The number of rotatable bonds is 3. The lowest BCUT2D eigenvalue weighted by atomic mass is 10.0. The molecule has 0 aliphatic rings. The molecule has 1 aromatic rings. The Bertz CT molecular complexity index is 516. The average Bonchev–Trinajstić information content (AvgIpc) is 2.26. The molecule has 1 atom stereocenters. The lowest BCUT2D eigenvalue weighted by Crippen LogP contribution is -1.99. The minimum Gasteiger partial charge on any atom is -0.224 e. The predicted octanol–water partition coefficient (Wildman–Crippen LogP) is 2.68. The van der Waals surface area contributed by atoms with Gasteiger partial charge in [0.2, 0.25) is 0 Å². The smallest absolute Gasteiger partial charge is 0.175 e. The fourth-order valence-corrected chi connectivity index (χ4v) is 2.18. The van der Waals surface area contributed by atoms with Gasteiger partial charge in [0.05, 0.1) is 4.90 Å². The van der Waals surface area contributed by atoms with Crippen LogP contribution in [0.2, 0.25) is 0 Å². The number of sulfone groups is 1. The van der Waals surface area contributed by atoms with Crippen LogP contribution in [0.3, 0.4) is 0 Å². The number of hydrogen-bond donors (Lipinski definition) is 0. The molecule has 1 aromatic carbocycles. The summed E-state index contributed by atoms with van der Waals surface area (Å²) in [5, 5.41) is 0. The summed E-state index contributed by atoms with van der Waals surface area (Å²) in [6.45, 7) is 4.10. The highest BCUT2D eigenvalue weighted by Gasteiger charge is 2.06. The van der Waals surface area contributed by atoms with E-state index in [4.69, 9.17) is 0 Å². The van der Waals surface area contributed by atoms with Gasteiger partial charge < -0.3 is 0 Å². The number of hydrogen-bond acceptors (Lipinski definition) is 2. The Kier molecular flexibility index (Phi) is 4.77. The first kappa shape index (κ1) is 13.8. The highest BCUT2D eigenvalue weighted by molar-refractivity contribution is 7.90. The van der Waals surface area contributed by atoms with Crippen LogP contribution in [-0.2, 0) is 16.3 Å². The SMILES string of the molecule is CCC#CC(C)Cc1ccc(S(C)(=O)=O)cc1. The van der Waals surface area contributed by atoms with E-state index in [1.54, 1.807) is 12.1 Å². The molecular formula is C14H18O2S. The summed E-state index contributed by atoms with van der Waals surface area (Å²) in [6, 6.07) is 7.04. The minimum atomic E-state index is -3.09. The lowest BCUT2D eigenvalue weighted by Gasteiger charge is -2.05. The summed E-state index contributed by atoms with van der Waals surface area (Å²) in [7, 11) is -3.09. The van der Waals surface area contributed by atoms with E-state index in [0.29, 0.717) is 10.8 Å². The Hall–Kier alpha value is -1.27. The van der Waals surface area contributed by atoms with E-state index in [1.165, 1.54) is 6.26 Å². The van der Waals surface area contributed by atoms with Gasteiger partial charge in [0.15, 0.2) is 9.84 Å². The molecule has 0 heterocycles. The van der Waals surface area contributed by atoms with E-state index in [0.717, 1.165) is 18.4 Å². The molecule has 0 saturated heterocycles. The van der Waals surface area contributed by atoms with Crippen molar-refractivity contribution in [2.45, 2.75) is 31.6 Å². The maximum absolute atomic E-state index is 11.3. The second-order valence-electron chi connectivity index (χ2n) is 4.20. The molecule has 1 rings (SSSR count). The first-order chi connectivity index (χ1) is 7.93. The predicted molar refractivity (Wildman–Crippen MR) is 70.5 cm³/mol. The fourth-order valence-electron chi connectivity index (χ4n) is 1.55. The molecule has 1 unspecified atom stereocenters. The Labute approximate surface area is 104 Å². The van der Waals surface area contributed by atoms with Gasteiger partial charge in [-0.1, -0.05) is 31.9 Å². The van der Waals surface area contributed by atoms with Crippen LogP contribution in [-0.4, -0.2) is 14.7 Å². The van der Waals surface area contributed by atoms with Gasteiger partial charge in [0, 0.05) is 18.6 Å². The van der Waals surface area contributed by atoms with Gasteiger partial charge in [-0.15, -0.1) is 5.92 Å². The summed E-state index contributed by atoms with van der Waals surface area (Å²) < 4.78 is 22.6. The van der Waals surface area contributed by atoms with Crippen molar-refractivity contribution in [2.75, 3.05) is 6.26 Å². The van der Waals surface area contributed by atoms with E-state index >= 15 is 0 Å². The summed E-state index contributed by atoms with van der Waals surface area (Å²) in [6.07, 6.45) is 2.95. The zero-order chi connectivity index (χ0) is 12.9. The summed E-state index contributed by atoms with van der Waals surface area (Å²) >= 11 is 0. The molecule has 0 amide bonds. The van der Waals surface area contributed by atoms with Gasteiger partial charge in [0.1, 0.15) is 0 Å². The summed E-state index contributed by atoms with van der Waals surface area (Å²) in [4.78, 5) is 0.369. The highest BCUT2D eigenvalue weighted by Crippen LogP contribution is 2.13. The van der Waals surface area contributed by atoms with Crippen LogP contribution in [0.5, 0.6) is 0 Å². The standard InChI is InChI=1S/C14H18O2S/c1-4-5-6-12(2)11-13-7-9-14(10-8-13)17(3,15)16/h7-10,12H,4,11H2,1-3H3. The molecule has 3 heteroatoms. The molecule has 0 radical (unpaired) electrons. The van der Waals surface area contributed by atoms with Crippen LogP contribution < -0.4 is 0 Å². The third-order valence-electron chi connectivity index (χ3n) is 2.42. The minimum absolute atomic E-state index is 0.305. The van der Waals surface area contributed by atoms with Gasteiger partial charge in [-0.3, -0.25) is 0 Å². The van der Waals surface area contributed by atoms with E-state index in [1.807, 2.05) is 19.1 Å². The van der Waals surface area contributed by atoms with Crippen molar-refractivity contribution in [1.29, 1.82) is 0 Å². The van der Waals surface area contributed by atoms with Crippen LogP contribution in [0, 0.1) is 17.8 Å². The lowest BCUT2D eigenvalue weighted by molar-refractivity contribution is 0.602. The zero-order valence-corrected chi connectivity index (χ0v) is 11.3. The van der Waals surface area contributed by atoms with Crippen LogP contribution in [0.4, 0.5) is 0 Å². The molecule has 0 fully saturated rings. The van der Waals surface area contributed by atoms with Crippen LogP contribution >= 0.6 is 0 Å². The van der Waals surface area contributed by atoms with Crippen LogP contribution in [0.1, 0.15) is 25.8 Å². The Morgan fingerprint density at radius 3 is 2.29 bits per heavy atom. The Morgan fingerprint density at radius 1 is 1.24 bits per heavy atom. The van der Waals surface area contributed by atoms with Crippen molar-refractivity contribution in [3.05, 3.63) is 29.8 Å². The Balaban J connectivity index is 2.76. The third-order valence-corrected chi connectivity index (χ3v) is 3.55. The second-order valence-corrected chi connectivity index (χ2v) is 6.21. The molecule has 0 saturated carbocycles. The molecule has 92 valence electrons. The van der Waals surface area contributed by atoms with E-state index < -0.39 is 9.84 Å². The topological polar surface area (TPSA) is 34.1 Å². The average molecular weight is 250 g/mol. The van der Waals surface area contributed by atoms with Crippen molar-refractivity contribution in [3.8, 4) is 11.8 Å². The first-order valence-corrected chi connectivity index (χ1v) is 7.60. The largest absolute Gasteiger partial charge is 0.224 e. The summed E-state index contributed by atoms with van der Waals surface area (Å²) in [5.74, 6) is 6.52. The quantitative estimate of drug-likeness (QED) is 0.773. The molecular weight excluding hydrogens is 232 g/mol. The maximum Gasteiger partial charge on any atom is 0.175 e. The maximum atomic E-state index is 11.3. The first-order valence-electron chi connectivity index (χ1n) is 5.71. The fraction of sp³-hybridized carbons (Fsp3) is 0.429. The van der Waals surface area contributed by atoms with Gasteiger partial charge in [-0.25, -0.2) is 8.42 Å². The molecule has 0 bridgehead atoms. The molecule has 17 heavy (non-hydrogen) atoms. The van der Waals surface area contributed by atoms with Crippen molar-refractivity contribution in [2.24, 2.45) is 5.92 Å². The summed E-state index contributed by atoms with van der Waals surface area (Å²) in [5.41, 5.74) is 1.12. The van der Waals surface area contributed by atoms with Gasteiger partial charge in [-0.05, 0) is 24.1 Å². The van der Waals surface area contributed by atoms with Crippen molar-refractivity contribution < 1.29 is 8.42 Å². The molecule has 0 spiro atoms. The van der Waals surface area contributed by atoms with Crippen molar-refractivity contribution in [1.82, 2.24) is 0 Å². The Morgan fingerprint density at radius 2 is 1.82 bits per heavy atom. The molecule has 2 nitrogen and oxygen atoms in total. The molecule has 0 aromatic heterocycles. The molecule has 0 aliphatic carbocycles. The van der Waals surface area contributed by atoms with E-state index in [2.05, 4.69) is 18.8 Å². The van der Waals surface area contributed by atoms with E-state index in [-0.39, 0.29) is 0 Å². The highest BCUT2D eigenvalue weighted by atomic mass is 32.2. The van der Waals surface area contributed by atoms with Crippen LogP contribution in [0.25, 0.3) is 0 Å². The third kappa shape index (κ3) is 4.62. The second kappa shape index (κ2) is 5.88. The van der Waals surface area contributed by atoms with Crippen molar-refractivity contribution >= 4 is 9.84 Å². The van der Waals surface area contributed by atoms with Gasteiger partial charge in [-0.2, -0.15) is 0 Å². The normalized spacial score (nSPS) is 12.6. The van der Waals surface area contributed by atoms with E-state index in [9.17, 15) is 8.42 Å². The van der Waals surface area contributed by atoms with Gasteiger partial charge in [0.25, 0.3) is 0 Å². The monoisotopic (exact) mass is 250 g/mol. The van der Waals surface area contributed by atoms with Gasteiger partial charge >= 0.3 is 0 Å².